The van der Waals surface area contributed by atoms with Gasteiger partial charge in [0.15, 0.2) is 17.7 Å². The quantitative estimate of drug-likeness (QED) is 0.505. The van der Waals surface area contributed by atoms with E-state index in [0.29, 0.717) is 0 Å². The highest BCUT2D eigenvalue weighted by molar-refractivity contribution is 5.99. The van der Waals surface area contributed by atoms with Crippen LogP contribution in [0.3, 0.4) is 0 Å². The van der Waals surface area contributed by atoms with Gasteiger partial charge in [0.05, 0.1) is 0 Å². The maximum absolute atomic E-state index is 12.5. The third kappa shape index (κ3) is 2.65. The van der Waals surface area contributed by atoms with E-state index in [1.165, 1.54) is 20.0 Å². The first-order valence-corrected chi connectivity index (χ1v) is 8.19. The molecule has 10 nitrogen and oxygen atoms in total. The van der Waals surface area contributed by atoms with Gasteiger partial charge in [-0.1, -0.05) is 6.92 Å². The van der Waals surface area contributed by atoms with Gasteiger partial charge in [-0.25, -0.2) is 4.79 Å². The minimum Gasteiger partial charge on any atom is -0.462 e. The van der Waals surface area contributed by atoms with Crippen LogP contribution in [0.25, 0.3) is 0 Å². The number of ether oxygens (including phenoxy) is 3. The van der Waals surface area contributed by atoms with E-state index in [-0.39, 0.29) is 13.0 Å². The zero-order valence-electron chi connectivity index (χ0n) is 14.6. The second kappa shape index (κ2) is 6.06. The van der Waals surface area contributed by atoms with Crippen molar-refractivity contribution in [2.45, 2.75) is 51.2 Å². The molecule has 142 valence electrons. The first-order chi connectivity index (χ1) is 12.1. The molecular weight excluding hydrogens is 348 g/mol. The van der Waals surface area contributed by atoms with Gasteiger partial charge in [-0.05, 0) is 20.3 Å². The van der Waals surface area contributed by atoms with Gasteiger partial charge in [0, 0.05) is 12.3 Å². The molecular formula is C16H20N2O8. The minimum atomic E-state index is -1.80. The topological polar surface area (TPSA) is 137 Å². The number of rotatable bonds is 2. The molecule has 10 heteroatoms. The average molecular weight is 368 g/mol. The van der Waals surface area contributed by atoms with Crippen LogP contribution in [0.4, 0.5) is 0 Å². The molecule has 3 rings (SSSR count). The highest BCUT2D eigenvalue weighted by Crippen LogP contribution is 2.42. The Morgan fingerprint density at radius 1 is 1.27 bits per heavy atom. The molecule has 3 heterocycles. The summed E-state index contributed by atoms with van der Waals surface area (Å²) < 4.78 is 17.2. The highest BCUT2D eigenvalue weighted by atomic mass is 16.6. The van der Waals surface area contributed by atoms with Crippen LogP contribution < -0.4 is 11.2 Å². The number of fused-ring (bicyclic) bond motifs is 1. The molecule has 2 saturated heterocycles. The minimum absolute atomic E-state index is 0.161. The van der Waals surface area contributed by atoms with Crippen molar-refractivity contribution in [3.05, 3.63) is 33.1 Å². The molecule has 2 N–H and O–H groups in total. The Hall–Kier alpha value is -2.46. The molecule has 0 radical (unpaired) electrons. The smallest absolute Gasteiger partial charge is 0.330 e. The molecule has 1 aromatic heterocycles. The van der Waals surface area contributed by atoms with Crippen molar-refractivity contribution in [1.29, 1.82) is 0 Å². The van der Waals surface area contributed by atoms with E-state index in [0.717, 1.165) is 10.6 Å². The third-order valence-electron chi connectivity index (χ3n) is 5.04. The number of carbonyl (C=O) groups is 2. The first-order valence-electron chi connectivity index (χ1n) is 8.19. The molecule has 1 unspecified atom stereocenters. The predicted octanol–water partition coefficient (Wildman–Crippen LogP) is -0.930. The van der Waals surface area contributed by atoms with Gasteiger partial charge in [0.25, 0.3) is 5.56 Å². The molecule has 0 aromatic carbocycles. The number of hydrogen-bond donors (Lipinski definition) is 2. The number of aromatic amines is 1. The van der Waals surface area contributed by atoms with Crippen molar-refractivity contribution in [2.75, 3.05) is 6.61 Å². The molecule has 2 aliphatic rings. The van der Waals surface area contributed by atoms with E-state index in [4.69, 9.17) is 14.2 Å². The van der Waals surface area contributed by atoms with Crippen molar-refractivity contribution < 1.29 is 28.9 Å². The molecule has 26 heavy (non-hydrogen) atoms. The lowest BCUT2D eigenvalue weighted by Gasteiger charge is -2.34. The molecule has 0 aliphatic carbocycles. The number of nitrogens with one attached hydrogen (secondary N) is 1. The van der Waals surface area contributed by atoms with E-state index in [2.05, 4.69) is 4.98 Å². The monoisotopic (exact) mass is 368 g/mol. The van der Waals surface area contributed by atoms with Gasteiger partial charge in [-0.3, -0.25) is 23.9 Å². The third-order valence-corrected chi connectivity index (χ3v) is 5.04. The normalized spacial score (nSPS) is 37.3. The van der Waals surface area contributed by atoms with Crippen LogP contribution in [0.15, 0.2) is 21.9 Å². The highest BCUT2D eigenvalue weighted by Gasteiger charge is 2.59. The van der Waals surface area contributed by atoms with Crippen LogP contribution in [0, 0.1) is 5.41 Å². The van der Waals surface area contributed by atoms with Crippen LogP contribution in [-0.4, -0.2) is 51.0 Å². The summed E-state index contributed by atoms with van der Waals surface area (Å²) in [6, 6.07) is 1.10. The van der Waals surface area contributed by atoms with Crippen LogP contribution in [-0.2, 0) is 23.8 Å². The summed E-state index contributed by atoms with van der Waals surface area (Å²) in [7, 11) is 0. The van der Waals surface area contributed by atoms with Crippen molar-refractivity contribution in [2.24, 2.45) is 5.41 Å². The summed E-state index contributed by atoms with van der Waals surface area (Å²) in [6.45, 7) is 4.15. The fraction of sp³-hybridized carbons (Fsp3) is 0.625. The summed E-state index contributed by atoms with van der Waals surface area (Å²) in [4.78, 5) is 50.1. The fourth-order valence-corrected chi connectivity index (χ4v) is 3.11. The summed E-state index contributed by atoms with van der Waals surface area (Å²) in [5, 5.41) is 10.9. The predicted molar refractivity (Wildman–Crippen MR) is 85.1 cm³/mol. The number of nitrogens with zero attached hydrogens (tertiary/aromatic N) is 1. The number of carbonyl (C=O) groups excluding carboxylic acids is 2. The van der Waals surface area contributed by atoms with Gasteiger partial charge >= 0.3 is 17.6 Å². The van der Waals surface area contributed by atoms with Gasteiger partial charge in [0.2, 0.25) is 0 Å². The summed E-state index contributed by atoms with van der Waals surface area (Å²) in [5.41, 5.74) is -4.69. The lowest BCUT2D eigenvalue weighted by molar-refractivity contribution is -0.192. The lowest BCUT2D eigenvalue weighted by atomic mass is 9.86. The molecule has 0 amide bonds. The van der Waals surface area contributed by atoms with E-state index >= 15 is 0 Å². The zero-order chi connectivity index (χ0) is 19.3. The number of cyclic esters (lactones) is 1. The largest absolute Gasteiger partial charge is 0.462 e. The second-order valence-corrected chi connectivity index (χ2v) is 6.88. The Kier molecular flexibility index (Phi) is 4.27. The number of aliphatic hydroxyl groups is 1. The SMILES string of the molecule is CCC1(C)C(=O)OC[C@H]2O[C@@H](n3ccc(=O)[nH]c3=O)[C@@](C)(O)[C@@H]2OC1=O. The fourth-order valence-electron chi connectivity index (χ4n) is 3.11. The Labute approximate surface area is 147 Å². The van der Waals surface area contributed by atoms with Crippen LogP contribution in [0.2, 0.25) is 0 Å². The Morgan fingerprint density at radius 2 is 1.96 bits per heavy atom. The van der Waals surface area contributed by atoms with Crippen LogP contribution in [0.5, 0.6) is 0 Å². The van der Waals surface area contributed by atoms with E-state index < -0.39 is 52.6 Å². The maximum Gasteiger partial charge on any atom is 0.330 e. The molecule has 5 atom stereocenters. The molecule has 0 bridgehead atoms. The van der Waals surface area contributed by atoms with Gasteiger partial charge < -0.3 is 19.3 Å². The van der Waals surface area contributed by atoms with Crippen molar-refractivity contribution >= 4 is 11.9 Å². The molecule has 2 aliphatic heterocycles. The standard InChI is InChI=1S/C16H20N2O8/c1-4-15(2)12(20)24-7-8-10(26-13(15)21)16(3,23)11(25-8)18-6-5-9(19)17-14(18)22/h5-6,8,10-11,23H,4,7H2,1-3H3,(H,17,19,22)/t8-,10-,11-,15?,16+/m1/s1. The van der Waals surface area contributed by atoms with Crippen LogP contribution in [0.1, 0.15) is 33.4 Å². The first kappa shape index (κ1) is 18.3. The van der Waals surface area contributed by atoms with Crippen LogP contribution >= 0.6 is 0 Å². The van der Waals surface area contributed by atoms with Gasteiger partial charge in [0.1, 0.15) is 18.3 Å². The Morgan fingerprint density at radius 3 is 2.58 bits per heavy atom. The Bertz CT molecular complexity index is 856. The Balaban J connectivity index is 1.99. The summed E-state index contributed by atoms with van der Waals surface area (Å²) in [5.74, 6) is -1.57. The second-order valence-electron chi connectivity index (χ2n) is 6.88. The van der Waals surface area contributed by atoms with E-state index in [9.17, 15) is 24.3 Å². The number of H-pyrrole nitrogens is 1. The van der Waals surface area contributed by atoms with E-state index in [1.54, 1.807) is 6.92 Å². The lowest BCUT2D eigenvalue weighted by Crippen LogP contribution is -2.53. The summed E-state index contributed by atoms with van der Waals surface area (Å²) >= 11 is 0. The van der Waals surface area contributed by atoms with Crippen molar-refractivity contribution in [3.63, 3.8) is 0 Å². The number of esters is 2. The van der Waals surface area contributed by atoms with Crippen molar-refractivity contribution in [3.8, 4) is 0 Å². The molecule has 0 spiro atoms. The average Bonchev–Trinajstić information content (AvgIpc) is 2.82. The molecule has 2 fully saturated rings. The molecule has 1 aromatic rings. The van der Waals surface area contributed by atoms with Crippen molar-refractivity contribution in [1.82, 2.24) is 9.55 Å². The molecule has 0 saturated carbocycles. The summed E-state index contributed by atoms with van der Waals surface area (Å²) in [6.07, 6.45) is -2.06. The van der Waals surface area contributed by atoms with Gasteiger partial charge in [-0.15, -0.1) is 0 Å². The maximum atomic E-state index is 12.5. The zero-order valence-corrected chi connectivity index (χ0v) is 14.6. The van der Waals surface area contributed by atoms with E-state index in [1.807, 2.05) is 0 Å². The number of aromatic nitrogens is 2. The van der Waals surface area contributed by atoms with Gasteiger partial charge in [-0.2, -0.15) is 0 Å². The number of hydrogen-bond acceptors (Lipinski definition) is 8.